The Morgan fingerprint density at radius 1 is 0.682 bits per heavy atom. The molecule has 0 saturated heterocycles. The number of halogens is 4. The largest absolute Gasteiger partial charge is 0.374 e. The van der Waals surface area contributed by atoms with Crippen LogP contribution in [0.2, 0.25) is 10.0 Å². The third kappa shape index (κ3) is 4.75. The third-order valence-electron chi connectivity index (χ3n) is 2.77. The van der Waals surface area contributed by atoms with Gasteiger partial charge >= 0.3 is 0 Å². The SMILES string of the molecule is CN(C)c1c(F)cccc1Cl.CN(C)c1c(F)cccc1Cl. The van der Waals surface area contributed by atoms with Gasteiger partial charge in [0.25, 0.3) is 0 Å². The minimum atomic E-state index is -0.289. The molecule has 0 spiro atoms. The molecule has 0 aliphatic carbocycles. The molecule has 0 N–H and O–H groups in total. The molecule has 0 amide bonds. The second kappa shape index (κ2) is 8.20. The van der Waals surface area contributed by atoms with Gasteiger partial charge in [-0.15, -0.1) is 0 Å². The monoisotopic (exact) mass is 346 g/mol. The lowest BCUT2D eigenvalue weighted by molar-refractivity contribution is 0.626. The zero-order chi connectivity index (χ0) is 16.9. The van der Waals surface area contributed by atoms with Gasteiger partial charge in [-0.2, -0.15) is 0 Å². The minimum Gasteiger partial charge on any atom is -0.374 e. The van der Waals surface area contributed by atoms with Crippen LogP contribution >= 0.6 is 23.2 Å². The maximum atomic E-state index is 13.0. The zero-order valence-corrected chi connectivity index (χ0v) is 14.4. The van der Waals surface area contributed by atoms with Crippen molar-refractivity contribution < 1.29 is 8.78 Å². The Labute approximate surface area is 139 Å². The molecule has 0 heterocycles. The van der Waals surface area contributed by atoms with E-state index in [1.165, 1.54) is 12.1 Å². The van der Waals surface area contributed by atoms with Gasteiger partial charge in [0, 0.05) is 28.2 Å². The van der Waals surface area contributed by atoms with Crippen molar-refractivity contribution in [2.75, 3.05) is 38.0 Å². The highest BCUT2D eigenvalue weighted by Crippen LogP contribution is 2.27. The Balaban J connectivity index is 0.000000220. The molecular formula is C16H18Cl2F2N2. The molecule has 120 valence electrons. The summed E-state index contributed by atoms with van der Waals surface area (Å²) in [6, 6.07) is 9.29. The standard InChI is InChI=1S/2C8H9ClFN/c2*1-11(2)8-6(9)4-3-5-7(8)10/h2*3-5H,1-2H3. The molecule has 0 atom stereocenters. The molecule has 0 unspecified atom stereocenters. The summed E-state index contributed by atoms with van der Waals surface area (Å²) in [7, 11) is 7.02. The summed E-state index contributed by atoms with van der Waals surface area (Å²) >= 11 is 11.5. The normalized spacial score (nSPS) is 9.82. The fraction of sp³-hybridized carbons (Fsp3) is 0.250. The fourth-order valence-electron chi connectivity index (χ4n) is 1.83. The quantitative estimate of drug-likeness (QED) is 0.747. The summed E-state index contributed by atoms with van der Waals surface area (Å²) in [6.45, 7) is 0. The van der Waals surface area contributed by atoms with Crippen LogP contribution in [-0.2, 0) is 0 Å². The summed E-state index contributed by atoms with van der Waals surface area (Å²) in [6.07, 6.45) is 0. The van der Waals surface area contributed by atoms with Crippen molar-refractivity contribution in [1.82, 2.24) is 0 Å². The van der Waals surface area contributed by atoms with E-state index < -0.39 is 0 Å². The van der Waals surface area contributed by atoms with Crippen LogP contribution in [0, 0.1) is 11.6 Å². The van der Waals surface area contributed by atoms with Gasteiger partial charge in [0.1, 0.15) is 11.6 Å². The Morgan fingerprint density at radius 3 is 1.18 bits per heavy atom. The molecule has 2 aromatic carbocycles. The van der Waals surface area contributed by atoms with E-state index in [0.29, 0.717) is 21.4 Å². The predicted molar refractivity (Wildman–Crippen MR) is 91.5 cm³/mol. The number of anilines is 2. The third-order valence-corrected chi connectivity index (χ3v) is 3.38. The van der Waals surface area contributed by atoms with Crippen molar-refractivity contribution in [3.05, 3.63) is 58.1 Å². The van der Waals surface area contributed by atoms with E-state index in [9.17, 15) is 8.78 Å². The van der Waals surface area contributed by atoms with Gasteiger partial charge in [-0.05, 0) is 24.3 Å². The number of hydrogen-bond donors (Lipinski definition) is 0. The van der Waals surface area contributed by atoms with Crippen LogP contribution in [0.1, 0.15) is 0 Å². The maximum Gasteiger partial charge on any atom is 0.148 e. The molecule has 2 aromatic rings. The minimum absolute atomic E-state index is 0.289. The Hall–Kier alpha value is -1.52. The van der Waals surface area contributed by atoms with Crippen LogP contribution in [0.3, 0.4) is 0 Å². The first-order valence-electron chi connectivity index (χ1n) is 6.48. The van der Waals surface area contributed by atoms with E-state index in [2.05, 4.69) is 0 Å². The van der Waals surface area contributed by atoms with Gasteiger partial charge in [-0.25, -0.2) is 8.78 Å². The molecule has 0 bridgehead atoms. The van der Waals surface area contributed by atoms with Crippen molar-refractivity contribution >= 4 is 34.6 Å². The van der Waals surface area contributed by atoms with E-state index in [1.807, 2.05) is 0 Å². The van der Waals surface area contributed by atoms with Crippen molar-refractivity contribution in [2.45, 2.75) is 0 Å². The lowest BCUT2D eigenvalue weighted by atomic mass is 10.3. The van der Waals surface area contributed by atoms with Crippen LogP contribution in [-0.4, -0.2) is 28.2 Å². The lowest BCUT2D eigenvalue weighted by Gasteiger charge is -2.14. The van der Waals surface area contributed by atoms with E-state index in [1.54, 1.807) is 62.3 Å². The molecular weight excluding hydrogens is 329 g/mol. The Morgan fingerprint density at radius 2 is 1.00 bits per heavy atom. The molecule has 0 aromatic heterocycles. The predicted octanol–water partition coefficient (Wildman–Crippen LogP) is 5.09. The van der Waals surface area contributed by atoms with Crippen molar-refractivity contribution in [3.8, 4) is 0 Å². The zero-order valence-electron chi connectivity index (χ0n) is 12.9. The molecule has 0 radical (unpaired) electrons. The number of rotatable bonds is 2. The van der Waals surface area contributed by atoms with Gasteiger partial charge in [0.2, 0.25) is 0 Å². The van der Waals surface area contributed by atoms with Crippen LogP contribution in [0.15, 0.2) is 36.4 Å². The first-order chi connectivity index (χ1) is 10.3. The highest BCUT2D eigenvalue weighted by Gasteiger charge is 2.07. The second-order valence-corrected chi connectivity index (χ2v) is 5.74. The van der Waals surface area contributed by atoms with Crippen LogP contribution < -0.4 is 9.80 Å². The maximum absolute atomic E-state index is 13.0. The smallest absolute Gasteiger partial charge is 0.148 e. The van der Waals surface area contributed by atoms with Crippen LogP contribution in [0.5, 0.6) is 0 Å². The number of nitrogens with zero attached hydrogens (tertiary/aromatic N) is 2. The first kappa shape index (κ1) is 18.5. The fourth-order valence-corrected chi connectivity index (χ4v) is 2.50. The average molecular weight is 347 g/mol. The average Bonchev–Trinajstić information content (AvgIpc) is 2.38. The summed E-state index contributed by atoms with van der Waals surface area (Å²) < 4.78 is 26.0. The lowest BCUT2D eigenvalue weighted by Crippen LogP contribution is -2.10. The molecule has 6 heteroatoms. The number of hydrogen-bond acceptors (Lipinski definition) is 2. The summed E-state index contributed by atoms with van der Waals surface area (Å²) in [4.78, 5) is 3.30. The summed E-state index contributed by atoms with van der Waals surface area (Å²) in [5.41, 5.74) is 0.878. The van der Waals surface area contributed by atoms with Crippen molar-refractivity contribution in [1.29, 1.82) is 0 Å². The van der Waals surface area contributed by atoms with Gasteiger partial charge in [-0.1, -0.05) is 35.3 Å². The molecule has 0 saturated carbocycles. The van der Waals surface area contributed by atoms with Crippen LogP contribution in [0.25, 0.3) is 0 Å². The van der Waals surface area contributed by atoms with Gasteiger partial charge < -0.3 is 9.80 Å². The van der Waals surface area contributed by atoms with E-state index >= 15 is 0 Å². The molecule has 2 nitrogen and oxygen atoms in total. The van der Waals surface area contributed by atoms with E-state index in [-0.39, 0.29) is 11.6 Å². The Kier molecular flexibility index (Phi) is 6.91. The highest BCUT2D eigenvalue weighted by atomic mass is 35.5. The molecule has 0 aliphatic rings. The summed E-state index contributed by atoms with van der Waals surface area (Å²) in [5, 5.41) is 0.880. The highest BCUT2D eigenvalue weighted by molar-refractivity contribution is 6.33. The van der Waals surface area contributed by atoms with Crippen molar-refractivity contribution in [3.63, 3.8) is 0 Å². The first-order valence-corrected chi connectivity index (χ1v) is 7.24. The van der Waals surface area contributed by atoms with Crippen LogP contribution in [0.4, 0.5) is 20.2 Å². The van der Waals surface area contributed by atoms with E-state index in [4.69, 9.17) is 23.2 Å². The van der Waals surface area contributed by atoms with Crippen molar-refractivity contribution in [2.24, 2.45) is 0 Å². The van der Waals surface area contributed by atoms with Gasteiger partial charge in [0.05, 0.1) is 21.4 Å². The molecule has 0 aliphatic heterocycles. The molecule has 0 fully saturated rings. The molecule has 22 heavy (non-hydrogen) atoms. The molecule has 2 rings (SSSR count). The topological polar surface area (TPSA) is 6.48 Å². The summed E-state index contributed by atoms with van der Waals surface area (Å²) in [5.74, 6) is -0.579. The van der Waals surface area contributed by atoms with Gasteiger partial charge in [-0.3, -0.25) is 0 Å². The Bertz CT molecular complexity index is 536. The number of para-hydroxylation sites is 2. The second-order valence-electron chi connectivity index (χ2n) is 4.93. The number of benzene rings is 2. The van der Waals surface area contributed by atoms with E-state index in [0.717, 1.165) is 0 Å². The van der Waals surface area contributed by atoms with Gasteiger partial charge in [0.15, 0.2) is 0 Å².